The lowest BCUT2D eigenvalue weighted by molar-refractivity contribution is 0.125. The number of hydrogen-bond donors (Lipinski definition) is 0. The second-order valence-electron chi connectivity index (χ2n) is 16.4. The molecule has 0 fully saturated rings. The molecule has 0 unspecified atom stereocenters. The highest BCUT2D eigenvalue weighted by Gasteiger charge is 2.57. The monoisotopic (exact) mass is 715 g/mol. The third-order valence-corrected chi connectivity index (χ3v) is 13.7. The highest BCUT2D eigenvalue weighted by molar-refractivity contribution is 9.10. The normalized spacial score (nSPS) is 17.1. The molecule has 6 aromatic carbocycles. The highest BCUT2D eigenvalue weighted by atomic mass is 79.9. The van der Waals surface area contributed by atoms with Gasteiger partial charge >= 0.3 is 0 Å². The van der Waals surface area contributed by atoms with Gasteiger partial charge in [-0.25, -0.2) is 0 Å². The summed E-state index contributed by atoms with van der Waals surface area (Å²) in [7, 11) is 0. The van der Waals surface area contributed by atoms with Crippen molar-refractivity contribution < 1.29 is 0 Å². The zero-order valence-corrected chi connectivity index (χ0v) is 32.1. The molecule has 0 aliphatic heterocycles. The second kappa shape index (κ2) is 11.3. The fourth-order valence-corrected chi connectivity index (χ4v) is 9.43. The molecule has 0 saturated carbocycles. The number of nitrogens with zero attached hydrogens (tertiary/aromatic N) is 1. The van der Waals surface area contributed by atoms with E-state index in [-0.39, 0.29) is 21.7 Å². The zero-order chi connectivity index (χ0) is 35.2. The molecule has 2 heteroatoms. The standard InChI is InChI=1S/C48H46BrN/c1-45(2)39-20-14-12-19-36(39)37-27-26-34(28-40(37)45)50(44-21-15-13-18-35(44)31-16-10-9-11-17-31)33-24-22-32(23-25-33)38-29-41-42(30-43(38)49)47(5,6)48(7,8)46(41,3)4/h9-30H,1-8H3. The van der Waals surface area contributed by atoms with Gasteiger partial charge in [-0.05, 0) is 109 Å². The predicted octanol–water partition coefficient (Wildman–Crippen LogP) is 14.2. The van der Waals surface area contributed by atoms with Crippen LogP contribution in [-0.2, 0) is 16.2 Å². The number of rotatable bonds is 5. The quantitative estimate of drug-likeness (QED) is 0.172. The van der Waals surface area contributed by atoms with Crippen molar-refractivity contribution in [3.63, 3.8) is 0 Å². The van der Waals surface area contributed by atoms with Crippen molar-refractivity contribution in [2.75, 3.05) is 4.90 Å². The fraction of sp³-hybridized carbons (Fsp3) is 0.250. The summed E-state index contributed by atoms with van der Waals surface area (Å²) in [5.41, 5.74) is 16.8. The van der Waals surface area contributed by atoms with E-state index in [0.717, 1.165) is 21.5 Å². The molecule has 0 heterocycles. The maximum atomic E-state index is 4.01. The maximum absolute atomic E-state index is 4.01. The Kier molecular flexibility index (Phi) is 7.41. The minimum atomic E-state index is -0.0901. The Hall–Kier alpha value is -4.40. The van der Waals surface area contributed by atoms with E-state index in [1.165, 1.54) is 55.6 Å². The average molecular weight is 717 g/mol. The summed E-state index contributed by atoms with van der Waals surface area (Å²) < 4.78 is 1.15. The number of halogens is 1. The summed E-state index contributed by atoms with van der Waals surface area (Å²) in [6, 6.07) is 49.5. The van der Waals surface area contributed by atoms with Crippen LogP contribution >= 0.6 is 15.9 Å². The molecule has 0 atom stereocenters. The van der Waals surface area contributed by atoms with E-state index in [1.807, 2.05) is 0 Å². The molecule has 0 amide bonds. The molecule has 2 aliphatic carbocycles. The Bertz CT molecular complexity index is 2270. The molecule has 0 spiro atoms. The number of benzene rings is 6. The fourth-order valence-electron chi connectivity index (χ4n) is 8.86. The van der Waals surface area contributed by atoms with Crippen LogP contribution in [0, 0.1) is 5.41 Å². The van der Waals surface area contributed by atoms with Crippen LogP contribution in [-0.4, -0.2) is 0 Å². The van der Waals surface area contributed by atoms with E-state index in [4.69, 9.17) is 0 Å². The van der Waals surface area contributed by atoms with Crippen LogP contribution in [0.25, 0.3) is 33.4 Å². The van der Waals surface area contributed by atoms with Gasteiger partial charge in [0.05, 0.1) is 5.69 Å². The van der Waals surface area contributed by atoms with Crippen LogP contribution in [0.2, 0.25) is 0 Å². The van der Waals surface area contributed by atoms with Gasteiger partial charge in [0.25, 0.3) is 0 Å². The van der Waals surface area contributed by atoms with Gasteiger partial charge in [0.15, 0.2) is 0 Å². The molecule has 0 aromatic heterocycles. The van der Waals surface area contributed by atoms with Gasteiger partial charge in [-0.15, -0.1) is 0 Å². The molecular weight excluding hydrogens is 670 g/mol. The van der Waals surface area contributed by atoms with Crippen LogP contribution in [0.15, 0.2) is 138 Å². The molecule has 8 rings (SSSR count). The maximum Gasteiger partial charge on any atom is 0.0540 e. The Balaban J connectivity index is 1.28. The van der Waals surface area contributed by atoms with Crippen molar-refractivity contribution in [3.8, 4) is 33.4 Å². The van der Waals surface area contributed by atoms with Gasteiger partial charge in [0.2, 0.25) is 0 Å². The second-order valence-corrected chi connectivity index (χ2v) is 17.3. The summed E-state index contributed by atoms with van der Waals surface area (Å²) in [6.45, 7) is 19.2. The number of anilines is 3. The van der Waals surface area contributed by atoms with Crippen molar-refractivity contribution >= 4 is 33.0 Å². The van der Waals surface area contributed by atoms with E-state index in [1.54, 1.807) is 0 Å². The van der Waals surface area contributed by atoms with E-state index >= 15 is 0 Å². The number of hydrogen-bond acceptors (Lipinski definition) is 1. The van der Waals surface area contributed by atoms with Crippen molar-refractivity contribution in [2.45, 2.75) is 71.6 Å². The molecular formula is C48H46BrN. The number of fused-ring (bicyclic) bond motifs is 4. The summed E-state index contributed by atoms with van der Waals surface area (Å²) in [5, 5.41) is 0. The van der Waals surface area contributed by atoms with Crippen LogP contribution in [0.3, 0.4) is 0 Å². The lowest BCUT2D eigenvalue weighted by atomic mass is 9.59. The van der Waals surface area contributed by atoms with Gasteiger partial charge in [0, 0.05) is 26.8 Å². The topological polar surface area (TPSA) is 3.24 Å². The van der Waals surface area contributed by atoms with Crippen LogP contribution in [0.4, 0.5) is 17.1 Å². The van der Waals surface area contributed by atoms with Crippen LogP contribution < -0.4 is 4.90 Å². The van der Waals surface area contributed by atoms with Gasteiger partial charge in [0.1, 0.15) is 0 Å². The lowest BCUT2D eigenvalue weighted by Crippen LogP contribution is -2.42. The smallest absolute Gasteiger partial charge is 0.0540 e. The Morgan fingerprint density at radius 2 is 0.960 bits per heavy atom. The predicted molar refractivity (Wildman–Crippen MR) is 217 cm³/mol. The average Bonchev–Trinajstić information content (AvgIpc) is 3.39. The lowest BCUT2D eigenvalue weighted by Gasteiger charge is -2.44. The first-order valence-corrected chi connectivity index (χ1v) is 18.7. The molecule has 2 aliphatic rings. The molecule has 250 valence electrons. The minimum Gasteiger partial charge on any atom is -0.310 e. The first kappa shape index (κ1) is 32.8. The summed E-state index contributed by atoms with van der Waals surface area (Å²) in [6.07, 6.45) is 0. The van der Waals surface area contributed by atoms with Crippen molar-refractivity contribution in [3.05, 3.63) is 160 Å². The first-order chi connectivity index (χ1) is 23.7. The summed E-state index contributed by atoms with van der Waals surface area (Å²) in [5.74, 6) is 0. The molecule has 1 nitrogen and oxygen atoms in total. The Morgan fingerprint density at radius 1 is 0.420 bits per heavy atom. The van der Waals surface area contributed by atoms with E-state index in [2.05, 4.69) is 210 Å². The van der Waals surface area contributed by atoms with Gasteiger partial charge < -0.3 is 4.90 Å². The SMILES string of the molecule is CC1(C)c2ccccc2-c2ccc(N(c3ccc(-c4cc5c(cc4Br)C(C)(C)C(C)(C)C5(C)C)cc3)c3ccccc3-c3ccccc3)cc21. The van der Waals surface area contributed by atoms with E-state index in [9.17, 15) is 0 Å². The van der Waals surface area contributed by atoms with E-state index < -0.39 is 0 Å². The largest absolute Gasteiger partial charge is 0.310 e. The van der Waals surface area contributed by atoms with Crippen molar-refractivity contribution in [1.29, 1.82) is 0 Å². The number of para-hydroxylation sites is 1. The van der Waals surface area contributed by atoms with Crippen molar-refractivity contribution in [2.24, 2.45) is 5.41 Å². The molecule has 0 bridgehead atoms. The van der Waals surface area contributed by atoms with Gasteiger partial charge in [-0.3, -0.25) is 0 Å². The first-order valence-electron chi connectivity index (χ1n) is 17.9. The van der Waals surface area contributed by atoms with Crippen LogP contribution in [0.1, 0.15) is 77.6 Å². The molecule has 0 radical (unpaired) electrons. The molecule has 0 saturated heterocycles. The molecule has 0 N–H and O–H groups in total. The zero-order valence-electron chi connectivity index (χ0n) is 30.5. The Labute approximate surface area is 307 Å². The van der Waals surface area contributed by atoms with Crippen LogP contribution in [0.5, 0.6) is 0 Å². The molecule has 50 heavy (non-hydrogen) atoms. The summed E-state index contributed by atoms with van der Waals surface area (Å²) >= 11 is 4.01. The summed E-state index contributed by atoms with van der Waals surface area (Å²) in [4.78, 5) is 2.44. The Morgan fingerprint density at radius 3 is 1.66 bits per heavy atom. The van der Waals surface area contributed by atoms with Crippen molar-refractivity contribution in [1.82, 2.24) is 0 Å². The van der Waals surface area contributed by atoms with Gasteiger partial charge in [-0.1, -0.05) is 162 Å². The van der Waals surface area contributed by atoms with Gasteiger partial charge in [-0.2, -0.15) is 0 Å². The third kappa shape index (κ3) is 4.64. The highest BCUT2D eigenvalue weighted by Crippen LogP contribution is 2.62. The minimum absolute atomic E-state index is 0.0418. The van der Waals surface area contributed by atoms with E-state index in [0.29, 0.717) is 0 Å². The third-order valence-electron chi connectivity index (χ3n) is 13.1. The molecule has 6 aromatic rings.